The summed E-state index contributed by atoms with van der Waals surface area (Å²) in [6.45, 7) is 0.988. The lowest BCUT2D eigenvalue weighted by Crippen LogP contribution is -2.51. The molecular formula is C20H21NO5. The average Bonchev–Trinajstić information content (AvgIpc) is 3.22. The summed E-state index contributed by atoms with van der Waals surface area (Å²) in [5.74, 6) is 1.88. The monoisotopic (exact) mass is 355 g/mol. The minimum absolute atomic E-state index is 0.0916. The molecule has 1 spiro atoms. The van der Waals surface area contributed by atoms with Gasteiger partial charge in [0, 0.05) is 12.1 Å². The molecule has 0 unspecified atom stereocenters. The predicted octanol–water partition coefficient (Wildman–Crippen LogP) is 2.10. The summed E-state index contributed by atoms with van der Waals surface area (Å²) >= 11 is 0. The molecule has 6 nitrogen and oxygen atoms in total. The fraction of sp³-hybridized carbons (Fsp3) is 0.400. The fourth-order valence-electron chi connectivity index (χ4n) is 4.78. The number of methoxy groups -OCH3 is 1. The zero-order valence-electron chi connectivity index (χ0n) is 14.8. The van der Waals surface area contributed by atoms with Crippen molar-refractivity contribution in [1.82, 2.24) is 4.90 Å². The number of hydrogen-bond donors (Lipinski definition) is 2. The molecule has 1 aliphatic carbocycles. The summed E-state index contributed by atoms with van der Waals surface area (Å²) in [7, 11) is 3.57. The van der Waals surface area contributed by atoms with Crippen LogP contribution in [0.15, 0.2) is 24.3 Å². The van der Waals surface area contributed by atoms with Crippen molar-refractivity contribution in [2.24, 2.45) is 0 Å². The minimum atomic E-state index is -0.772. The molecule has 0 amide bonds. The summed E-state index contributed by atoms with van der Waals surface area (Å²) in [6.07, 6.45) is 0.714. The van der Waals surface area contributed by atoms with Crippen LogP contribution in [0.25, 0.3) is 0 Å². The fourth-order valence-corrected chi connectivity index (χ4v) is 4.78. The summed E-state index contributed by atoms with van der Waals surface area (Å²) in [5, 5.41) is 21.8. The number of fused-ring (bicyclic) bond motifs is 5. The van der Waals surface area contributed by atoms with Crippen molar-refractivity contribution in [2.45, 2.75) is 24.5 Å². The quantitative estimate of drug-likeness (QED) is 0.816. The molecule has 0 aromatic heterocycles. The van der Waals surface area contributed by atoms with E-state index >= 15 is 0 Å². The zero-order chi connectivity index (χ0) is 18.1. The molecular weight excluding hydrogens is 334 g/mol. The maximum Gasteiger partial charge on any atom is 0.231 e. The van der Waals surface area contributed by atoms with Crippen LogP contribution in [0.3, 0.4) is 0 Å². The molecule has 6 heteroatoms. The smallest absolute Gasteiger partial charge is 0.231 e. The van der Waals surface area contributed by atoms with Gasteiger partial charge in [-0.1, -0.05) is 6.07 Å². The molecule has 2 heterocycles. The zero-order valence-corrected chi connectivity index (χ0v) is 14.8. The Morgan fingerprint density at radius 2 is 2.08 bits per heavy atom. The van der Waals surface area contributed by atoms with Crippen LogP contribution in [-0.4, -0.2) is 42.6 Å². The van der Waals surface area contributed by atoms with Crippen LogP contribution in [-0.2, 0) is 18.4 Å². The molecule has 0 saturated heterocycles. The van der Waals surface area contributed by atoms with Gasteiger partial charge in [-0.05, 0) is 54.8 Å². The van der Waals surface area contributed by atoms with Gasteiger partial charge in [0.05, 0.1) is 12.6 Å². The normalized spacial score (nSPS) is 26.0. The number of rotatable bonds is 1. The Bertz CT molecular complexity index is 912. The van der Waals surface area contributed by atoms with Crippen LogP contribution in [0.2, 0.25) is 0 Å². The summed E-state index contributed by atoms with van der Waals surface area (Å²) < 4.78 is 16.4. The van der Waals surface area contributed by atoms with E-state index in [1.165, 1.54) is 0 Å². The highest BCUT2D eigenvalue weighted by Gasteiger charge is 2.54. The highest BCUT2D eigenvalue weighted by Crippen LogP contribution is 2.57. The van der Waals surface area contributed by atoms with E-state index in [1.807, 2.05) is 25.2 Å². The van der Waals surface area contributed by atoms with Gasteiger partial charge in [-0.25, -0.2) is 0 Å². The molecule has 2 atom stereocenters. The van der Waals surface area contributed by atoms with Gasteiger partial charge >= 0.3 is 0 Å². The van der Waals surface area contributed by atoms with Gasteiger partial charge in [0.15, 0.2) is 23.0 Å². The van der Waals surface area contributed by atoms with Crippen LogP contribution in [0.4, 0.5) is 0 Å². The van der Waals surface area contributed by atoms with Gasteiger partial charge in [-0.2, -0.15) is 0 Å². The lowest BCUT2D eigenvalue weighted by atomic mass is 9.77. The first-order chi connectivity index (χ1) is 12.6. The molecule has 5 rings (SSSR count). The van der Waals surface area contributed by atoms with Gasteiger partial charge in [0.25, 0.3) is 0 Å². The van der Waals surface area contributed by atoms with E-state index in [-0.39, 0.29) is 12.5 Å². The molecule has 2 N–H and O–H groups in total. The summed E-state index contributed by atoms with van der Waals surface area (Å²) in [4.78, 5) is 2.19. The third-order valence-corrected chi connectivity index (χ3v) is 6.12. The van der Waals surface area contributed by atoms with E-state index in [0.29, 0.717) is 23.7 Å². The molecule has 3 aliphatic rings. The van der Waals surface area contributed by atoms with Crippen LogP contribution >= 0.6 is 0 Å². The predicted molar refractivity (Wildman–Crippen MR) is 93.9 cm³/mol. The van der Waals surface area contributed by atoms with Crippen molar-refractivity contribution in [3.05, 3.63) is 46.5 Å². The van der Waals surface area contributed by atoms with Crippen LogP contribution in [0.1, 0.15) is 28.4 Å². The lowest BCUT2D eigenvalue weighted by Gasteiger charge is -2.46. The first kappa shape index (κ1) is 15.8. The number of nitrogens with zero attached hydrogens (tertiary/aromatic N) is 1. The van der Waals surface area contributed by atoms with Gasteiger partial charge in [0.2, 0.25) is 6.79 Å². The average molecular weight is 355 g/mol. The van der Waals surface area contributed by atoms with E-state index in [2.05, 4.69) is 4.90 Å². The van der Waals surface area contributed by atoms with Crippen LogP contribution in [0, 0.1) is 0 Å². The Hall–Kier alpha value is -2.44. The van der Waals surface area contributed by atoms with Crippen molar-refractivity contribution in [3.63, 3.8) is 0 Å². The second-order valence-electron chi connectivity index (χ2n) is 7.23. The van der Waals surface area contributed by atoms with Crippen LogP contribution in [0.5, 0.6) is 23.0 Å². The molecule has 2 aliphatic heterocycles. The number of aromatic hydroxyl groups is 1. The Labute approximate surface area is 151 Å². The van der Waals surface area contributed by atoms with Crippen molar-refractivity contribution >= 4 is 0 Å². The van der Waals surface area contributed by atoms with Crippen molar-refractivity contribution < 1.29 is 24.4 Å². The first-order valence-electron chi connectivity index (χ1n) is 8.77. The molecule has 0 fully saturated rings. The summed E-state index contributed by atoms with van der Waals surface area (Å²) in [6, 6.07) is 7.55. The minimum Gasteiger partial charge on any atom is -0.504 e. The molecule has 0 radical (unpaired) electrons. The Morgan fingerprint density at radius 3 is 2.88 bits per heavy atom. The number of benzene rings is 2. The topological polar surface area (TPSA) is 71.4 Å². The Kier molecular flexibility index (Phi) is 3.21. The number of phenolic OH excluding ortho intramolecular Hbond substituents is 1. The first-order valence-corrected chi connectivity index (χ1v) is 8.77. The Balaban J connectivity index is 1.72. The molecule has 2 aromatic rings. The highest BCUT2D eigenvalue weighted by atomic mass is 16.7. The number of hydrogen-bond acceptors (Lipinski definition) is 6. The molecule has 26 heavy (non-hydrogen) atoms. The maximum atomic E-state index is 11.5. The third kappa shape index (κ3) is 1.83. The van der Waals surface area contributed by atoms with Gasteiger partial charge < -0.3 is 24.4 Å². The second-order valence-corrected chi connectivity index (χ2v) is 7.23. The van der Waals surface area contributed by atoms with Crippen molar-refractivity contribution in [3.8, 4) is 23.0 Å². The van der Waals surface area contributed by atoms with Crippen molar-refractivity contribution in [1.29, 1.82) is 0 Å². The van der Waals surface area contributed by atoms with E-state index in [1.54, 1.807) is 13.2 Å². The van der Waals surface area contributed by atoms with Gasteiger partial charge in [-0.15, -0.1) is 0 Å². The van der Waals surface area contributed by atoms with E-state index in [0.717, 1.165) is 35.2 Å². The maximum absolute atomic E-state index is 11.5. The van der Waals surface area contributed by atoms with E-state index < -0.39 is 11.6 Å². The second kappa shape index (κ2) is 5.28. The van der Waals surface area contributed by atoms with E-state index in [9.17, 15) is 10.2 Å². The SMILES string of the molecule is COc1cc2c(cc1O)[C@@]1(Cc3ccc4c(c3[C@@H]1O)OCO4)N(C)CC2. The van der Waals surface area contributed by atoms with Crippen molar-refractivity contribution in [2.75, 3.05) is 27.5 Å². The molecule has 0 saturated carbocycles. The standard InChI is InChI=1S/C20H21NO5/c1-21-6-5-11-7-16(24-2)14(22)8-13(11)20(21)9-12-3-4-15-18(26-10-25-15)17(12)19(20)23/h3-4,7-8,19,22-23H,5-6,9-10H2,1-2H3/t19-,20+/m0/s1. The number of likely N-dealkylation sites (N-methyl/N-ethyl adjacent to an activating group) is 1. The van der Waals surface area contributed by atoms with Gasteiger partial charge in [-0.3, -0.25) is 4.90 Å². The Morgan fingerprint density at radius 1 is 1.23 bits per heavy atom. The van der Waals surface area contributed by atoms with E-state index in [4.69, 9.17) is 14.2 Å². The van der Waals surface area contributed by atoms with Gasteiger partial charge in [0.1, 0.15) is 6.10 Å². The van der Waals surface area contributed by atoms with Crippen LogP contribution < -0.4 is 14.2 Å². The molecule has 2 aromatic carbocycles. The molecule has 136 valence electrons. The number of aliphatic hydroxyl groups excluding tert-OH is 1. The number of ether oxygens (including phenoxy) is 3. The lowest BCUT2D eigenvalue weighted by molar-refractivity contribution is -0.0206. The largest absolute Gasteiger partial charge is 0.504 e. The highest BCUT2D eigenvalue weighted by molar-refractivity contribution is 5.60. The third-order valence-electron chi connectivity index (χ3n) is 6.12. The summed E-state index contributed by atoms with van der Waals surface area (Å²) in [5.41, 5.74) is 3.26. The molecule has 0 bridgehead atoms. The number of aliphatic hydroxyl groups is 1. The number of phenols is 1.